The van der Waals surface area contributed by atoms with Crippen LogP contribution in [0.1, 0.15) is 15.4 Å². The number of para-hydroxylation sites is 2. The zero-order valence-corrected chi connectivity index (χ0v) is 15.1. The van der Waals surface area contributed by atoms with E-state index in [-0.39, 0.29) is 5.91 Å². The van der Waals surface area contributed by atoms with Gasteiger partial charge in [-0.3, -0.25) is 9.20 Å². The van der Waals surface area contributed by atoms with Crippen molar-refractivity contribution in [1.29, 1.82) is 0 Å². The lowest BCUT2D eigenvalue weighted by atomic mass is 10.2. The third kappa shape index (κ3) is 2.95. The van der Waals surface area contributed by atoms with Gasteiger partial charge in [-0.2, -0.15) is 0 Å². The standard InChI is InChI=1S/C18H20N4O2S/c1-13-11-22-12-14(19-18(22)25-13)17(23)21-9-7-20(8-10-21)15-5-3-4-6-16(15)24-2/h3-6,11-12H,7-10H2,1-2H3. The maximum Gasteiger partial charge on any atom is 0.274 e. The van der Waals surface area contributed by atoms with Crippen LogP contribution in [0.5, 0.6) is 5.75 Å². The Kier molecular flexibility index (Phi) is 4.09. The number of carbonyl (C=O) groups excluding carboxylic acids is 1. The van der Waals surface area contributed by atoms with Crippen LogP contribution in [0.15, 0.2) is 36.7 Å². The quantitative estimate of drug-likeness (QED) is 0.724. The number of carbonyl (C=O) groups is 1. The maximum absolute atomic E-state index is 12.7. The van der Waals surface area contributed by atoms with E-state index >= 15 is 0 Å². The first-order valence-corrected chi connectivity index (χ1v) is 9.10. The minimum absolute atomic E-state index is 0.00762. The van der Waals surface area contributed by atoms with Crippen LogP contribution in [-0.4, -0.2) is 53.5 Å². The molecule has 0 aliphatic carbocycles. The summed E-state index contributed by atoms with van der Waals surface area (Å²) in [6.07, 6.45) is 3.83. The lowest BCUT2D eigenvalue weighted by Crippen LogP contribution is -2.49. The monoisotopic (exact) mass is 356 g/mol. The summed E-state index contributed by atoms with van der Waals surface area (Å²) in [5, 5.41) is 0. The molecular weight excluding hydrogens is 336 g/mol. The van der Waals surface area contributed by atoms with E-state index in [0.29, 0.717) is 18.8 Å². The Morgan fingerprint density at radius 3 is 2.64 bits per heavy atom. The van der Waals surface area contributed by atoms with Gasteiger partial charge in [0.05, 0.1) is 12.8 Å². The van der Waals surface area contributed by atoms with Crippen molar-refractivity contribution in [3.63, 3.8) is 0 Å². The van der Waals surface area contributed by atoms with E-state index in [1.807, 2.05) is 46.8 Å². The predicted molar refractivity (Wildman–Crippen MR) is 98.9 cm³/mol. The number of methoxy groups -OCH3 is 1. The zero-order chi connectivity index (χ0) is 17.4. The molecule has 1 fully saturated rings. The Morgan fingerprint density at radius 1 is 1.16 bits per heavy atom. The van der Waals surface area contributed by atoms with E-state index in [2.05, 4.69) is 16.0 Å². The fourth-order valence-corrected chi connectivity index (χ4v) is 4.03. The summed E-state index contributed by atoms with van der Waals surface area (Å²) in [6.45, 7) is 4.97. The van der Waals surface area contributed by atoms with Crippen LogP contribution in [0.2, 0.25) is 0 Å². The number of amides is 1. The van der Waals surface area contributed by atoms with Crippen molar-refractivity contribution >= 4 is 27.9 Å². The van der Waals surface area contributed by atoms with E-state index in [4.69, 9.17) is 4.74 Å². The summed E-state index contributed by atoms with van der Waals surface area (Å²) in [5.74, 6) is 0.875. The van der Waals surface area contributed by atoms with Crippen molar-refractivity contribution < 1.29 is 9.53 Å². The number of aromatic nitrogens is 2. The van der Waals surface area contributed by atoms with Crippen molar-refractivity contribution in [2.75, 3.05) is 38.2 Å². The SMILES string of the molecule is COc1ccccc1N1CCN(C(=O)c2cn3cc(C)sc3n2)CC1. The molecule has 1 aromatic carbocycles. The number of fused-ring (bicyclic) bond motifs is 1. The van der Waals surface area contributed by atoms with Crippen molar-refractivity contribution in [2.24, 2.45) is 0 Å². The average molecular weight is 356 g/mol. The Labute approximate surface area is 150 Å². The van der Waals surface area contributed by atoms with Gasteiger partial charge in [0.25, 0.3) is 5.91 Å². The van der Waals surface area contributed by atoms with Crippen molar-refractivity contribution in [3.05, 3.63) is 47.2 Å². The van der Waals surface area contributed by atoms with Crippen molar-refractivity contribution in [2.45, 2.75) is 6.92 Å². The van der Waals surface area contributed by atoms with Crippen molar-refractivity contribution in [1.82, 2.24) is 14.3 Å². The number of benzene rings is 1. The van der Waals surface area contributed by atoms with Gasteiger partial charge in [0, 0.05) is 43.4 Å². The molecule has 3 aromatic rings. The largest absolute Gasteiger partial charge is 0.495 e. The van der Waals surface area contributed by atoms with E-state index < -0.39 is 0 Å². The number of hydrogen-bond donors (Lipinski definition) is 0. The van der Waals surface area contributed by atoms with E-state index in [9.17, 15) is 4.79 Å². The molecule has 1 aliphatic heterocycles. The summed E-state index contributed by atoms with van der Waals surface area (Å²) in [7, 11) is 1.69. The number of hydrogen-bond acceptors (Lipinski definition) is 5. The van der Waals surface area contributed by atoms with Crippen LogP contribution in [0.4, 0.5) is 5.69 Å². The third-order valence-electron chi connectivity index (χ3n) is 4.48. The fourth-order valence-electron chi connectivity index (χ4n) is 3.22. The highest BCUT2D eigenvalue weighted by Gasteiger charge is 2.25. The van der Waals surface area contributed by atoms with Gasteiger partial charge in [-0.05, 0) is 19.1 Å². The number of rotatable bonds is 3. The maximum atomic E-state index is 12.7. The highest BCUT2D eigenvalue weighted by Crippen LogP contribution is 2.28. The van der Waals surface area contributed by atoms with Gasteiger partial charge in [0.15, 0.2) is 4.96 Å². The number of nitrogens with zero attached hydrogens (tertiary/aromatic N) is 4. The molecule has 0 atom stereocenters. The molecule has 25 heavy (non-hydrogen) atoms. The van der Waals surface area contributed by atoms with Gasteiger partial charge in [-0.15, -0.1) is 11.3 Å². The van der Waals surface area contributed by atoms with Gasteiger partial charge in [-0.1, -0.05) is 12.1 Å². The Morgan fingerprint density at radius 2 is 1.92 bits per heavy atom. The summed E-state index contributed by atoms with van der Waals surface area (Å²) in [6, 6.07) is 8.00. The van der Waals surface area contributed by atoms with Crippen LogP contribution in [-0.2, 0) is 0 Å². The predicted octanol–water partition coefficient (Wildman–Crippen LogP) is 2.68. The fraction of sp³-hybridized carbons (Fsp3) is 0.333. The molecule has 1 aliphatic rings. The number of aryl methyl sites for hydroxylation is 1. The molecule has 1 amide bonds. The average Bonchev–Trinajstić information content (AvgIpc) is 3.18. The Hall–Kier alpha value is -2.54. The van der Waals surface area contributed by atoms with Gasteiger partial charge in [0.2, 0.25) is 0 Å². The normalized spacial score (nSPS) is 15.0. The molecule has 4 rings (SSSR count). The van der Waals surface area contributed by atoms with Gasteiger partial charge in [0.1, 0.15) is 11.4 Å². The summed E-state index contributed by atoms with van der Waals surface area (Å²) in [4.78, 5) is 23.4. The topological polar surface area (TPSA) is 50.1 Å². The first-order valence-electron chi connectivity index (χ1n) is 8.28. The third-order valence-corrected chi connectivity index (χ3v) is 5.40. The zero-order valence-electron chi connectivity index (χ0n) is 14.3. The van der Waals surface area contributed by atoms with E-state index in [0.717, 1.165) is 29.5 Å². The number of thiazole rings is 1. The number of anilines is 1. The number of ether oxygens (including phenoxy) is 1. The van der Waals surface area contributed by atoms with Crippen LogP contribution in [0, 0.1) is 6.92 Å². The molecule has 0 bridgehead atoms. The molecule has 0 radical (unpaired) electrons. The lowest BCUT2D eigenvalue weighted by molar-refractivity contribution is 0.0741. The van der Waals surface area contributed by atoms with E-state index in [1.165, 1.54) is 4.88 Å². The first kappa shape index (κ1) is 16.0. The lowest BCUT2D eigenvalue weighted by Gasteiger charge is -2.36. The minimum Gasteiger partial charge on any atom is -0.495 e. The van der Waals surface area contributed by atoms with Crippen LogP contribution >= 0.6 is 11.3 Å². The second kappa shape index (κ2) is 6.40. The molecule has 130 valence electrons. The van der Waals surface area contributed by atoms with Crippen LogP contribution in [0.3, 0.4) is 0 Å². The molecule has 0 N–H and O–H groups in total. The smallest absolute Gasteiger partial charge is 0.274 e. The van der Waals surface area contributed by atoms with Gasteiger partial charge < -0.3 is 14.5 Å². The molecular formula is C18H20N4O2S. The Bertz CT molecular complexity index is 877. The van der Waals surface area contributed by atoms with Gasteiger partial charge >= 0.3 is 0 Å². The first-order chi connectivity index (χ1) is 12.2. The van der Waals surface area contributed by atoms with Gasteiger partial charge in [-0.25, -0.2) is 4.98 Å². The highest BCUT2D eigenvalue weighted by atomic mass is 32.1. The van der Waals surface area contributed by atoms with Crippen LogP contribution in [0.25, 0.3) is 4.96 Å². The minimum atomic E-state index is 0.00762. The molecule has 7 heteroatoms. The highest BCUT2D eigenvalue weighted by molar-refractivity contribution is 7.17. The number of imidazole rings is 1. The van der Waals surface area contributed by atoms with Crippen LogP contribution < -0.4 is 9.64 Å². The molecule has 0 unspecified atom stereocenters. The van der Waals surface area contributed by atoms with E-state index in [1.54, 1.807) is 18.4 Å². The number of piperazine rings is 1. The molecule has 1 saturated heterocycles. The molecule has 3 heterocycles. The Balaban J connectivity index is 1.45. The second-order valence-electron chi connectivity index (χ2n) is 6.11. The second-order valence-corrected chi connectivity index (χ2v) is 7.32. The molecule has 0 saturated carbocycles. The summed E-state index contributed by atoms with van der Waals surface area (Å²) < 4.78 is 7.37. The summed E-state index contributed by atoms with van der Waals surface area (Å²) in [5.41, 5.74) is 1.60. The molecule has 2 aromatic heterocycles. The molecule has 6 nitrogen and oxygen atoms in total. The molecule has 0 spiro atoms. The summed E-state index contributed by atoms with van der Waals surface area (Å²) >= 11 is 1.60. The van der Waals surface area contributed by atoms with Crippen molar-refractivity contribution in [3.8, 4) is 5.75 Å².